The highest BCUT2D eigenvalue weighted by Gasteiger charge is 2.31. The van der Waals surface area contributed by atoms with Gasteiger partial charge in [0.2, 0.25) is 0 Å². The third-order valence-corrected chi connectivity index (χ3v) is 4.49. The molecule has 0 radical (unpaired) electrons. The zero-order valence-electron chi connectivity index (χ0n) is 12.7. The minimum atomic E-state index is -0.837. The summed E-state index contributed by atoms with van der Waals surface area (Å²) in [5, 5.41) is 12.4. The fraction of sp³-hybridized carbons (Fsp3) is 0.562. The number of hydrogen-bond acceptors (Lipinski definition) is 3. The lowest BCUT2D eigenvalue weighted by molar-refractivity contribution is -0.144. The lowest BCUT2D eigenvalue weighted by Crippen LogP contribution is -2.49. The van der Waals surface area contributed by atoms with E-state index in [1.54, 1.807) is 30.8 Å². The van der Waals surface area contributed by atoms with Crippen LogP contribution in [0.1, 0.15) is 39.5 Å². The van der Waals surface area contributed by atoms with Crippen LogP contribution in [-0.4, -0.2) is 28.9 Å². The van der Waals surface area contributed by atoms with Crippen LogP contribution in [0, 0.1) is 5.82 Å². The number of carboxylic acid groups (broad SMARTS) is 1. The van der Waals surface area contributed by atoms with Crippen molar-refractivity contribution in [1.29, 1.82) is 0 Å². The number of hydrogen-bond donors (Lipinski definition) is 2. The number of rotatable bonds is 10. The maximum atomic E-state index is 12.8. The van der Waals surface area contributed by atoms with Gasteiger partial charge in [-0.2, -0.15) is 0 Å². The molecule has 5 heteroatoms. The summed E-state index contributed by atoms with van der Waals surface area (Å²) in [6.07, 6.45) is 3.34. The van der Waals surface area contributed by atoms with Crippen LogP contribution in [0.2, 0.25) is 0 Å². The maximum Gasteiger partial charge on any atom is 0.323 e. The van der Waals surface area contributed by atoms with Crippen molar-refractivity contribution in [3.8, 4) is 0 Å². The van der Waals surface area contributed by atoms with E-state index in [0.717, 1.165) is 29.9 Å². The van der Waals surface area contributed by atoms with E-state index in [1.807, 2.05) is 6.92 Å². The molecule has 0 aromatic heterocycles. The van der Waals surface area contributed by atoms with Crippen molar-refractivity contribution in [2.45, 2.75) is 50.0 Å². The van der Waals surface area contributed by atoms with Gasteiger partial charge in [0, 0.05) is 4.90 Å². The number of thioether (sulfide) groups is 1. The Bertz CT molecular complexity index is 438. The largest absolute Gasteiger partial charge is 0.480 e. The van der Waals surface area contributed by atoms with Crippen LogP contribution in [0.15, 0.2) is 29.2 Å². The molecule has 3 nitrogen and oxygen atoms in total. The predicted molar refractivity (Wildman–Crippen MR) is 85.3 cm³/mol. The Kier molecular flexibility index (Phi) is 7.75. The molecule has 1 aromatic carbocycles. The van der Waals surface area contributed by atoms with E-state index in [2.05, 4.69) is 5.32 Å². The number of halogens is 1. The minimum Gasteiger partial charge on any atom is -0.480 e. The zero-order valence-corrected chi connectivity index (χ0v) is 13.5. The molecule has 0 aliphatic rings. The molecular formula is C16H24FNO2S. The minimum absolute atomic E-state index is 0.224. The Labute approximate surface area is 130 Å². The highest BCUT2D eigenvalue weighted by Crippen LogP contribution is 2.21. The second kappa shape index (κ2) is 9.05. The predicted octanol–water partition coefficient (Wildman–Crippen LogP) is 3.93. The van der Waals surface area contributed by atoms with Crippen molar-refractivity contribution in [2.75, 3.05) is 12.3 Å². The molecular weight excluding hydrogens is 289 g/mol. The van der Waals surface area contributed by atoms with Gasteiger partial charge in [-0.1, -0.05) is 13.3 Å². The monoisotopic (exact) mass is 313 g/mol. The Morgan fingerprint density at radius 2 is 2.00 bits per heavy atom. The average molecular weight is 313 g/mol. The van der Waals surface area contributed by atoms with Gasteiger partial charge in [0.05, 0.1) is 0 Å². The Morgan fingerprint density at radius 1 is 1.33 bits per heavy atom. The van der Waals surface area contributed by atoms with Crippen molar-refractivity contribution in [3.63, 3.8) is 0 Å². The van der Waals surface area contributed by atoms with Crippen LogP contribution >= 0.6 is 11.8 Å². The van der Waals surface area contributed by atoms with Gasteiger partial charge in [-0.05, 0) is 62.7 Å². The molecule has 0 saturated heterocycles. The van der Waals surface area contributed by atoms with Crippen molar-refractivity contribution >= 4 is 17.7 Å². The van der Waals surface area contributed by atoms with E-state index in [0.29, 0.717) is 13.0 Å². The van der Waals surface area contributed by atoms with Crippen LogP contribution in [0.5, 0.6) is 0 Å². The lowest BCUT2D eigenvalue weighted by Gasteiger charge is -2.26. The Morgan fingerprint density at radius 3 is 2.57 bits per heavy atom. The van der Waals surface area contributed by atoms with Gasteiger partial charge in [-0.3, -0.25) is 4.79 Å². The van der Waals surface area contributed by atoms with Gasteiger partial charge in [0.15, 0.2) is 0 Å². The van der Waals surface area contributed by atoms with Gasteiger partial charge in [-0.25, -0.2) is 4.39 Å². The van der Waals surface area contributed by atoms with Crippen molar-refractivity contribution < 1.29 is 14.3 Å². The molecule has 0 heterocycles. The van der Waals surface area contributed by atoms with E-state index < -0.39 is 11.5 Å². The highest BCUT2D eigenvalue weighted by atomic mass is 32.2. The fourth-order valence-corrected chi connectivity index (χ4v) is 2.89. The van der Waals surface area contributed by atoms with Gasteiger partial charge < -0.3 is 10.4 Å². The summed E-state index contributed by atoms with van der Waals surface area (Å²) < 4.78 is 12.8. The van der Waals surface area contributed by atoms with Crippen LogP contribution < -0.4 is 5.32 Å². The molecule has 0 amide bonds. The second-order valence-corrected chi connectivity index (χ2v) is 6.49. The summed E-state index contributed by atoms with van der Waals surface area (Å²) in [5.74, 6) is -0.101. The topological polar surface area (TPSA) is 49.3 Å². The number of aliphatic carboxylic acids is 1. The molecule has 0 aliphatic carbocycles. The number of unbranched alkanes of at least 4 members (excludes halogenated alkanes) is 1. The number of carbonyl (C=O) groups is 1. The smallest absolute Gasteiger partial charge is 0.323 e. The number of carboxylic acids is 1. The van der Waals surface area contributed by atoms with Crippen LogP contribution in [0.3, 0.4) is 0 Å². The highest BCUT2D eigenvalue weighted by molar-refractivity contribution is 7.99. The van der Waals surface area contributed by atoms with Crippen LogP contribution in [0.25, 0.3) is 0 Å². The van der Waals surface area contributed by atoms with E-state index >= 15 is 0 Å². The molecule has 0 saturated carbocycles. The summed E-state index contributed by atoms with van der Waals surface area (Å²) in [6.45, 7) is 4.49. The quantitative estimate of drug-likeness (QED) is 0.507. The zero-order chi connectivity index (χ0) is 15.7. The molecule has 21 heavy (non-hydrogen) atoms. The van der Waals surface area contributed by atoms with Crippen LogP contribution in [0.4, 0.5) is 4.39 Å². The summed E-state index contributed by atoms with van der Waals surface area (Å²) in [4.78, 5) is 12.4. The third-order valence-electron chi connectivity index (χ3n) is 3.39. The standard InChI is InChI=1S/C16H24FNO2S/c1-3-11-18-16(2,15(19)20)10-4-5-12-21-14-8-6-13(17)7-9-14/h6-9,18H,3-5,10-12H2,1-2H3,(H,19,20). The SMILES string of the molecule is CCCNC(C)(CCCCSc1ccc(F)cc1)C(=O)O. The summed E-state index contributed by atoms with van der Waals surface area (Å²) in [7, 11) is 0. The maximum absolute atomic E-state index is 12.8. The molecule has 0 bridgehead atoms. The first-order valence-corrected chi connectivity index (χ1v) is 8.33. The first-order chi connectivity index (χ1) is 9.98. The van der Waals surface area contributed by atoms with Crippen molar-refractivity contribution in [2.24, 2.45) is 0 Å². The lowest BCUT2D eigenvalue weighted by atomic mass is 9.95. The molecule has 1 aromatic rings. The van der Waals surface area contributed by atoms with Crippen molar-refractivity contribution in [1.82, 2.24) is 5.32 Å². The number of benzene rings is 1. The normalized spacial score (nSPS) is 13.9. The van der Waals surface area contributed by atoms with Gasteiger partial charge in [0.25, 0.3) is 0 Å². The van der Waals surface area contributed by atoms with E-state index in [-0.39, 0.29) is 5.82 Å². The molecule has 1 atom stereocenters. The summed E-state index contributed by atoms with van der Waals surface area (Å²) in [5.41, 5.74) is -0.837. The first-order valence-electron chi connectivity index (χ1n) is 7.35. The molecule has 0 spiro atoms. The Balaban J connectivity index is 2.28. The number of nitrogens with one attached hydrogen (secondary N) is 1. The first kappa shape index (κ1) is 18.0. The molecule has 1 rings (SSSR count). The molecule has 1 unspecified atom stereocenters. The third kappa shape index (κ3) is 6.48. The molecule has 118 valence electrons. The van der Waals surface area contributed by atoms with Gasteiger partial charge in [0.1, 0.15) is 11.4 Å². The van der Waals surface area contributed by atoms with E-state index in [4.69, 9.17) is 0 Å². The molecule has 2 N–H and O–H groups in total. The van der Waals surface area contributed by atoms with Gasteiger partial charge >= 0.3 is 5.97 Å². The fourth-order valence-electron chi connectivity index (χ4n) is 1.97. The Hall–Kier alpha value is -1.07. The molecule has 0 aliphatic heterocycles. The van der Waals surface area contributed by atoms with E-state index in [9.17, 15) is 14.3 Å². The summed E-state index contributed by atoms with van der Waals surface area (Å²) in [6, 6.07) is 6.45. The summed E-state index contributed by atoms with van der Waals surface area (Å²) >= 11 is 1.67. The van der Waals surface area contributed by atoms with Gasteiger partial charge in [-0.15, -0.1) is 11.8 Å². The molecule has 0 fully saturated rings. The van der Waals surface area contributed by atoms with E-state index in [1.165, 1.54) is 12.1 Å². The van der Waals surface area contributed by atoms with Crippen LogP contribution in [-0.2, 0) is 4.79 Å². The van der Waals surface area contributed by atoms with Crippen molar-refractivity contribution in [3.05, 3.63) is 30.1 Å². The average Bonchev–Trinajstić information content (AvgIpc) is 2.46. The second-order valence-electron chi connectivity index (χ2n) is 5.32.